The SMILES string of the molecule is O=C(Cn1cnc2scc(-c3cccs3)c2c1=O)NOCc1ccccc1. The molecular formula is C19H15N3O3S2. The van der Waals surface area contributed by atoms with Gasteiger partial charge in [-0.1, -0.05) is 36.4 Å². The third-order valence-electron chi connectivity index (χ3n) is 3.93. The Morgan fingerprint density at radius 3 is 2.78 bits per heavy atom. The highest BCUT2D eigenvalue weighted by molar-refractivity contribution is 7.18. The molecule has 4 rings (SSSR count). The molecule has 3 aromatic heterocycles. The lowest BCUT2D eigenvalue weighted by molar-refractivity contribution is -0.135. The average molecular weight is 397 g/mol. The second-order valence-electron chi connectivity index (χ2n) is 5.78. The molecule has 0 unspecified atom stereocenters. The van der Waals surface area contributed by atoms with Crippen LogP contribution >= 0.6 is 22.7 Å². The molecule has 0 aliphatic rings. The summed E-state index contributed by atoms with van der Waals surface area (Å²) in [6.45, 7) is 0.0993. The van der Waals surface area contributed by atoms with Gasteiger partial charge in [-0.3, -0.25) is 19.0 Å². The van der Waals surface area contributed by atoms with Crippen molar-refractivity contribution in [2.75, 3.05) is 0 Å². The average Bonchev–Trinajstić information content (AvgIpc) is 3.34. The zero-order chi connectivity index (χ0) is 18.6. The number of hydroxylamine groups is 1. The number of hydrogen-bond acceptors (Lipinski definition) is 6. The Morgan fingerprint density at radius 1 is 1.15 bits per heavy atom. The van der Waals surface area contributed by atoms with Gasteiger partial charge in [0.1, 0.15) is 11.4 Å². The van der Waals surface area contributed by atoms with Gasteiger partial charge in [-0.15, -0.1) is 22.7 Å². The molecule has 0 bridgehead atoms. The van der Waals surface area contributed by atoms with Crippen molar-refractivity contribution in [1.29, 1.82) is 0 Å². The maximum Gasteiger partial charge on any atom is 0.263 e. The Morgan fingerprint density at radius 2 is 2.00 bits per heavy atom. The van der Waals surface area contributed by atoms with E-state index in [1.54, 1.807) is 11.3 Å². The Kier molecular flexibility index (Phi) is 5.10. The minimum atomic E-state index is -0.415. The van der Waals surface area contributed by atoms with Gasteiger partial charge in [0, 0.05) is 15.8 Å². The maximum absolute atomic E-state index is 12.8. The number of hydrogen-bond donors (Lipinski definition) is 1. The highest BCUT2D eigenvalue weighted by Gasteiger charge is 2.15. The van der Waals surface area contributed by atoms with E-state index in [0.29, 0.717) is 10.2 Å². The summed E-state index contributed by atoms with van der Waals surface area (Å²) in [6, 6.07) is 13.4. The van der Waals surface area contributed by atoms with E-state index in [4.69, 9.17) is 4.84 Å². The topological polar surface area (TPSA) is 73.2 Å². The van der Waals surface area contributed by atoms with Crippen LogP contribution in [0, 0.1) is 0 Å². The van der Waals surface area contributed by atoms with Gasteiger partial charge in [0.15, 0.2) is 0 Å². The van der Waals surface area contributed by atoms with Crippen molar-refractivity contribution < 1.29 is 9.63 Å². The van der Waals surface area contributed by atoms with E-state index in [1.807, 2.05) is 53.2 Å². The highest BCUT2D eigenvalue weighted by atomic mass is 32.1. The summed E-state index contributed by atoms with van der Waals surface area (Å²) in [5.74, 6) is -0.415. The van der Waals surface area contributed by atoms with E-state index in [-0.39, 0.29) is 18.7 Å². The summed E-state index contributed by atoms with van der Waals surface area (Å²) in [6.07, 6.45) is 1.40. The maximum atomic E-state index is 12.8. The van der Waals surface area contributed by atoms with Crippen LogP contribution in [0.3, 0.4) is 0 Å². The molecule has 0 aliphatic carbocycles. The second-order valence-corrected chi connectivity index (χ2v) is 7.59. The fourth-order valence-electron chi connectivity index (χ4n) is 2.65. The molecule has 0 saturated carbocycles. The molecule has 0 atom stereocenters. The fraction of sp³-hybridized carbons (Fsp3) is 0.105. The number of thiophene rings is 2. The van der Waals surface area contributed by atoms with E-state index >= 15 is 0 Å². The van der Waals surface area contributed by atoms with Crippen LogP contribution < -0.4 is 11.0 Å². The lowest BCUT2D eigenvalue weighted by Crippen LogP contribution is -2.32. The van der Waals surface area contributed by atoms with Gasteiger partial charge in [0.05, 0.1) is 18.3 Å². The highest BCUT2D eigenvalue weighted by Crippen LogP contribution is 2.33. The lowest BCUT2D eigenvalue weighted by atomic mass is 10.2. The molecule has 6 nitrogen and oxygen atoms in total. The van der Waals surface area contributed by atoms with E-state index in [0.717, 1.165) is 16.0 Å². The van der Waals surface area contributed by atoms with Gasteiger partial charge < -0.3 is 0 Å². The Bertz CT molecular complexity index is 1120. The number of nitrogens with zero attached hydrogens (tertiary/aromatic N) is 2. The molecule has 27 heavy (non-hydrogen) atoms. The Hall–Kier alpha value is -2.81. The van der Waals surface area contributed by atoms with E-state index in [9.17, 15) is 9.59 Å². The molecule has 136 valence electrons. The van der Waals surface area contributed by atoms with Crippen LogP contribution in [0.15, 0.2) is 64.3 Å². The first-order chi connectivity index (χ1) is 13.2. The number of carbonyl (C=O) groups excluding carboxylic acids is 1. The molecule has 8 heteroatoms. The molecular weight excluding hydrogens is 382 g/mol. The molecule has 0 radical (unpaired) electrons. The number of fused-ring (bicyclic) bond motifs is 1. The zero-order valence-electron chi connectivity index (χ0n) is 14.1. The summed E-state index contributed by atoms with van der Waals surface area (Å²) in [7, 11) is 0. The van der Waals surface area contributed by atoms with Crippen LogP contribution in [-0.2, 0) is 22.8 Å². The molecule has 4 aromatic rings. The molecule has 0 saturated heterocycles. The van der Waals surface area contributed by atoms with Gasteiger partial charge >= 0.3 is 0 Å². The monoisotopic (exact) mass is 397 g/mol. The number of nitrogens with one attached hydrogen (secondary N) is 1. The summed E-state index contributed by atoms with van der Waals surface area (Å²) >= 11 is 2.99. The molecule has 1 amide bonds. The summed E-state index contributed by atoms with van der Waals surface area (Å²) in [4.78, 5) is 36.2. The molecule has 1 N–H and O–H groups in total. The van der Waals surface area contributed by atoms with Gasteiger partial charge in [-0.05, 0) is 17.0 Å². The molecule has 1 aromatic carbocycles. The predicted molar refractivity (Wildman–Crippen MR) is 107 cm³/mol. The van der Waals surface area contributed by atoms with Crippen LogP contribution in [0.5, 0.6) is 0 Å². The third-order valence-corrected chi connectivity index (χ3v) is 5.72. The predicted octanol–water partition coefficient (Wildman–Crippen LogP) is 3.43. The van der Waals surface area contributed by atoms with Crippen molar-refractivity contribution in [2.24, 2.45) is 0 Å². The zero-order valence-corrected chi connectivity index (χ0v) is 15.8. The van der Waals surface area contributed by atoms with E-state index in [1.165, 1.54) is 22.2 Å². The first kappa shape index (κ1) is 17.6. The minimum Gasteiger partial charge on any atom is -0.289 e. The third kappa shape index (κ3) is 3.82. The fourth-order valence-corrected chi connectivity index (χ4v) is 4.38. The molecule has 3 heterocycles. The standard InChI is InChI=1S/C19H15N3O3S2/c23-16(21-25-10-13-5-2-1-3-6-13)9-22-12-20-18-17(19(22)24)14(11-27-18)15-7-4-8-26-15/h1-8,11-12H,9-10H2,(H,21,23). The van der Waals surface area contributed by atoms with Crippen molar-refractivity contribution in [3.05, 3.63) is 75.5 Å². The van der Waals surface area contributed by atoms with Crippen molar-refractivity contribution in [2.45, 2.75) is 13.2 Å². The van der Waals surface area contributed by atoms with Gasteiger partial charge in [0.25, 0.3) is 11.5 Å². The molecule has 0 fully saturated rings. The quantitative estimate of drug-likeness (QED) is 0.506. The van der Waals surface area contributed by atoms with Crippen LogP contribution in [0.2, 0.25) is 0 Å². The lowest BCUT2D eigenvalue weighted by Gasteiger charge is -2.08. The van der Waals surface area contributed by atoms with Crippen molar-refractivity contribution in [3.8, 4) is 10.4 Å². The van der Waals surface area contributed by atoms with Crippen LogP contribution in [0.25, 0.3) is 20.7 Å². The van der Waals surface area contributed by atoms with Gasteiger partial charge in [0.2, 0.25) is 0 Å². The molecule has 0 aliphatic heterocycles. The summed E-state index contributed by atoms with van der Waals surface area (Å²) in [5.41, 5.74) is 3.94. The number of amides is 1. The normalized spacial score (nSPS) is 11.0. The van der Waals surface area contributed by atoms with Gasteiger partial charge in [-0.25, -0.2) is 10.5 Å². The summed E-state index contributed by atoms with van der Waals surface area (Å²) in [5, 5.41) is 4.44. The summed E-state index contributed by atoms with van der Waals surface area (Å²) < 4.78 is 1.30. The van der Waals surface area contributed by atoms with E-state index < -0.39 is 5.91 Å². The number of carbonyl (C=O) groups is 1. The van der Waals surface area contributed by atoms with E-state index in [2.05, 4.69) is 10.5 Å². The van der Waals surface area contributed by atoms with Crippen LogP contribution in [0.1, 0.15) is 5.56 Å². The minimum absolute atomic E-state index is 0.156. The van der Waals surface area contributed by atoms with Crippen molar-refractivity contribution >= 4 is 38.8 Å². The van der Waals surface area contributed by atoms with Crippen molar-refractivity contribution in [3.63, 3.8) is 0 Å². The number of rotatable bonds is 6. The van der Waals surface area contributed by atoms with Crippen molar-refractivity contribution in [1.82, 2.24) is 15.0 Å². The smallest absolute Gasteiger partial charge is 0.263 e. The Labute approximate surface area is 162 Å². The van der Waals surface area contributed by atoms with Crippen LogP contribution in [0.4, 0.5) is 0 Å². The first-order valence-electron chi connectivity index (χ1n) is 8.17. The first-order valence-corrected chi connectivity index (χ1v) is 9.93. The largest absolute Gasteiger partial charge is 0.289 e. The number of aromatic nitrogens is 2. The Balaban J connectivity index is 1.49. The molecule has 0 spiro atoms. The second kappa shape index (κ2) is 7.83. The van der Waals surface area contributed by atoms with Gasteiger partial charge in [-0.2, -0.15) is 0 Å². The number of benzene rings is 1. The van der Waals surface area contributed by atoms with Crippen LogP contribution in [-0.4, -0.2) is 15.5 Å².